The molecule has 30 heavy (non-hydrogen) atoms. The molecule has 1 aliphatic heterocycles. The summed E-state index contributed by atoms with van der Waals surface area (Å²) < 4.78 is 6.31. The van der Waals surface area contributed by atoms with Gasteiger partial charge in [-0.25, -0.2) is 0 Å². The lowest BCUT2D eigenvalue weighted by atomic mass is 9.95. The Morgan fingerprint density at radius 1 is 1.10 bits per heavy atom. The largest absolute Gasteiger partial charge is 0.378 e. The fourth-order valence-corrected chi connectivity index (χ4v) is 3.53. The van der Waals surface area contributed by atoms with Crippen LogP contribution in [0.1, 0.15) is 23.7 Å². The molecule has 1 heterocycles. The Hall–Kier alpha value is -2.71. The van der Waals surface area contributed by atoms with Crippen LogP contribution in [0.5, 0.6) is 0 Å². The Bertz CT molecular complexity index is 912. The lowest BCUT2D eigenvalue weighted by molar-refractivity contribution is -0.132. The number of halogens is 1. The van der Waals surface area contributed by atoms with Crippen LogP contribution in [0.4, 0.5) is 5.69 Å². The summed E-state index contributed by atoms with van der Waals surface area (Å²) >= 11 is 3.32. The molecule has 0 saturated carbocycles. The van der Waals surface area contributed by atoms with E-state index in [1.54, 1.807) is 38.2 Å². The van der Waals surface area contributed by atoms with E-state index in [2.05, 4.69) is 26.6 Å². The molecule has 2 N–H and O–H groups in total. The van der Waals surface area contributed by atoms with Crippen molar-refractivity contribution in [1.82, 2.24) is 10.6 Å². The quantitative estimate of drug-likeness (QED) is 0.674. The van der Waals surface area contributed by atoms with Crippen molar-refractivity contribution in [2.75, 3.05) is 25.2 Å². The van der Waals surface area contributed by atoms with Crippen molar-refractivity contribution in [2.45, 2.75) is 24.9 Å². The van der Waals surface area contributed by atoms with E-state index in [0.717, 1.165) is 10.2 Å². The van der Waals surface area contributed by atoms with Gasteiger partial charge >= 0.3 is 0 Å². The van der Waals surface area contributed by atoms with E-state index in [9.17, 15) is 14.4 Å². The number of para-hydroxylation sites is 1. The van der Waals surface area contributed by atoms with Crippen LogP contribution in [-0.4, -0.2) is 49.6 Å². The number of anilines is 1. The molecule has 0 radical (unpaired) electrons. The third-order valence-corrected chi connectivity index (χ3v) is 5.62. The minimum atomic E-state index is -1.17. The number of amides is 3. The smallest absolute Gasteiger partial charge is 0.254 e. The summed E-state index contributed by atoms with van der Waals surface area (Å²) in [6, 6.07) is 15.2. The monoisotopic (exact) mass is 473 g/mol. The summed E-state index contributed by atoms with van der Waals surface area (Å²) in [6.45, 7) is 2.04. The minimum Gasteiger partial charge on any atom is -0.378 e. The van der Waals surface area contributed by atoms with Gasteiger partial charge < -0.3 is 20.3 Å². The molecule has 2 aromatic carbocycles. The van der Waals surface area contributed by atoms with Crippen LogP contribution in [0.3, 0.4) is 0 Å². The maximum atomic E-state index is 13.2. The third-order valence-electron chi connectivity index (χ3n) is 5.09. The van der Waals surface area contributed by atoms with Crippen LogP contribution in [0.15, 0.2) is 59.1 Å². The lowest BCUT2D eigenvalue weighted by Gasteiger charge is -2.33. The molecular weight excluding hydrogens is 450 g/mol. The van der Waals surface area contributed by atoms with E-state index in [4.69, 9.17) is 4.74 Å². The minimum absolute atomic E-state index is 0.0854. The molecule has 3 rings (SSSR count). The first-order valence-corrected chi connectivity index (χ1v) is 10.4. The normalized spacial score (nSPS) is 19.0. The zero-order valence-electron chi connectivity index (χ0n) is 16.9. The van der Waals surface area contributed by atoms with Gasteiger partial charge in [-0.2, -0.15) is 0 Å². The SMILES string of the molecule is CC(NC(=O)c1ccc(Br)cc1)C(=O)NC1(C(=O)N(C)c2ccccc2)CCOC1. The van der Waals surface area contributed by atoms with E-state index >= 15 is 0 Å². The summed E-state index contributed by atoms with van der Waals surface area (Å²) in [5, 5.41) is 5.51. The molecule has 0 spiro atoms. The van der Waals surface area contributed by atoms with E-state index < -0.39 is 17.5 Å². The molecular formula is C22H24BrN3O4. The van der Waals surface area contributed by atoms with Gasteiger partial charge in [0.2, 0.25) is 5.91 Å². The third kappa shape index (κ3) is 4.88. The number of hydrogen-bond acceptors (Lipinski definition) is 4. The number of carbonyl (C=O) groups excluding carboxylic acids is 3. The van der Waals surface area contributed by atoms with Crippen molar-refractivity contribution in [3.05, 3.63) is 64.6 Å². The number of nitrogens with zero attached hydrogens (tertiary/aromatic N) is 1. The highest BCUT2D eigenvalue weighted by Crippen LogP contribution is 2.24. The fraction of sp³-hybridized carbons (Fsp3) is 0.318. The van der Waals surface area contributed by atoms with Crippen molar-refractivity contribution >= 4 is 39.3 Å². The molecule has 1 fully saturated rings. The number of nitrogens with one attached hydrogen (secondary N) is 2. The van der Waals surface area contributed by atoms with Gasteiger partial charge in [-0.3, -0.25) is 14.4 Å². The molecule has 158 valence electrons. The van der Waals surface area contributed by atoms with Crippen LogP contribution in [0.25, 0.3) is 0 Å². The summed E-state index contributed by atoms with van der Waals surface area (Å²) in [7, 11) is 1.67. The van der Waals surface area contributed by atoms with Crippen LogP contribution >= 0.6 is 15.9 Å². The van der Waals surface area contributed by atoms with Crippen LogP contribution in [0, 0.1) is 0 Å². The van der Waals surface area contributed by atoms with Crippen molar-refractivity contribution < 1.29 is 19.1 Å². The highest BCUT2D eigenvalue weighted by atomic mass is 79.9. The van der Waals surface area contributed by atoms with Crippen LogP contribution in [-0.2, 0) is 14.3 Å². The number of benzene rings is 2. The maximum Gasteiger partial charge on any atom is 0.254 e. The van der Waals surface area contributed by atoms with Gasteiger partial charge in [0.05, 0.1) is 6.61 Å². The van der Waals surface area contributed by atoms with Crippen molar-refractivity contribution in [1.29, 1.82) is 0 Å². The standard InChI is InChI=1S/C22H24BrN3O4/c1-15(24-20(28)16-8-10-17(23)11-9-16)19(27)25-22(12-13-30-14-22)21(29)26(2)18-6-4-3-5-7-18/h3-11,15H,12-14H2,1-2H3,(H,24,28)(H,25,27). The summed E-state index contributed by atoms with van der Waals surface area (Å²) in [6.07, 6.45) is 0.363. The highest BCUT2D eigenvalue weighted by Gasteiger charge is 2.46. The molecule has 0 bridgehead atoms. The second kappa shape index (κ2) is 9.40. The Kier molecular flexibility index (Phi) is 6.89. The fourth-order valence-electron chi connectivity index (χ4n) is 3.27. The highest BCUT2D eigenvalue weighted by molar-refractivity contribution is 9.10. The molecule has 3 amide bonds. The van der Waals surface area contributed by atoms with Crippen LogP contribution < -0.4 is 15.5 Å². The second-order valence-corrected chi connectivity index (χ2v) is 8.19. The molecule has 2 atom stereocenters. The number of ether oxygens (including phenoxy) is 1. The number of carbonyl (C=O) groups is 3. The van der Waals surface area contributed by atoms with Gasteiger partial charge in [-0.05, 0) is 43.3 Å². The number of likely N-dealkylation sites (N-methyl/N-ethyl adjacent to an activating group) is 1. The average Bonchev–Trinajstić information content (AvgIpc) is 3.23. The van der Waals surface area contributed by atoms with Gasteiger partial charge in [0.1, 0.15) is 11.6 Å². The predicted octanol–water partition coefficient (Wildman–Crippen LogP) is 2.51. The zero-order valence-corrected chi connectivity index (χ0v) is 18.4. The summed E-state index contributed by atoms with van der Waals surface area (Å²) in [4.78, 5) is 40.0. The molecule has 1 saturated heterocycles. The van der Waals surface area contributed by atoms with Gasteiger partial charge in [-0.1, -0.05) is 34.1 Å². The second-order valence-electron chi connectivity index (χ2n) is 7.28. The van der Waals surface area contributed by atoms with E-state index in [-0.39, 0.29) is 18.4 Å². The molecule has 7 nitrogen and oxygen atoms in total. The summed E-state index contributed by atoms with van der Waals surface area (Å²) in [5.41, 5.74) is -0.00517. The Morgan fingerprint density at radius 2 is 1.77 bits per heavy atom. The topological polar surface area (TPSA) is 87.7 Å². The first kappa shape index (κ1) is 22.0. The molecule has 0 aliphatic carbocycles. The lowest BCUT2D eigenvalue weighted by Crippen LogP contribution is -2.62. The van der Waals surface area contributed by atoms with Crippen LogP contribution in [0.2, 0.25) is 0 Å². The predicted molar refractivity (Wildman–Crippen MR) is 117 cm³/mol. The van der Waals surface area contributed by atoms with Gasteiger partial charge in [0, 0.05) is 35.8 Å². The van der Waals surface area contributed by atoms with Crippen molar-refractivity contribution in [3.63, 3.8) is 0 Å². The molecule has 2 aromatic rings. The molecule has 8 heteroatoms. The average molecular weight is 474 g/mol. The van der Waals surface area contributed by atoms with Crippen molar-refractivity contribution in [2.24, 2.45) is 0 Å². The first-order chi connectivity index (χ1) is 14.3. The van der Waals surface area contributed by atoms with Crippen molar-refractivity contribution in [3.8, 4) is 0 Å². The molecule has 0 aromatic heterocycles. The molecule has 2 unspecified atom stereocenters. The summed E-state index contributed by atoms with van der Waals surface area (Å²) in [5.74, 6) is -1.07. The van der Waals surface area contributed by atoms with E-state index in [1.807, 2.05) is 30.3 Å². The first-order valence-electron chi connectivity index (χ1n) is 9.62. The van der Waals surface area contributed by atoms with Gasteiger partial charge in [0.15, 0.2) is 0 Å². The Labute approximate surface area is 183 Å². The van der Waals surface area contributed by atoms with Gasteiger partial charge in [-0.15, -0.1) is 0 Å². The Balaban J connectivity index is 1.69. The number of rotatable bonds is 6. The van der Waals surface area contributed by atoms with E-state index in [1.165, 1.54) is 4.90 Å². The zero-order chi connectivity index (χ0) is 21.7. The Morgan fingerprint density at radius 3 is 2.37 bits per heavy atom. The maximum absolute atomic E-state index is 13.2. The number of hydrogen-bond donors (Lipinski definition) is 2. The van der Waals surface area contributed by atoms with E-state index in [0.29, 0.717) is 18.6 Å². The van der Waals surface area contributed by atoms with Gasteiger partial charge in [0.25, 0.3) is 11.8 Å². The molecule has 1 aliphatic rings.